The lowest BCUT2D eigenvalue weighted by Gasteiger charge is -2.08. The predicted molar refractivity (Wildman–Crippen MR) is 38.4 cm³/mol. The second-order valence-corrected chi connectivity index (χ2v) is 3.27. The third-order valence-corrected chi connectivity index (χ3v) is 1.32. The number of nitrogens with two attached hydrogens (primary N) is 1. The van der Waals surface area contributed by atoms with Crippen LogP contribution in [0.3, 0.4) is 0 Å². The summed E-state index contributed by atoms with van der Waals surface area (Å²) in [6.45, 7) is 0. The Hall–Kier alpha value is -0.950. The molecule has 1 atom stereocenters. The number of phosphoric ester groups is 1. The minimum atomic E-state index is -4.94. The molecule has 0 aromatic carbocycles. The van der Waals surface area contributed by atoms with E-state index in [0.717, 1.165) is 0 Å². The molecule has 0 aromatic rings. The summed E-state index contributed by atoms with van der Waals surface area (Å²) in [4.78, 5) is 36.9. The first-order valence-corrected chi connectivity index (χ1v) is 4.52. The molecule has 0 aliphatic rings. The maximum atomic E-state index is 10.6. The Morgan fingerprint density at radius 1 is 1.46 bits per heavy atom. The summed E-state index contributed by atoms with van der Waals surface area (Å²) in [7, 11) is -4.94. The van der Waals surface area contributed by atoms with Crippen molar-refractivity contribution in [3.05, 3.63) is 0 Å². The smallest absolute Gasteiger partial charge is 0.481 e. The minimum Gasteiger partial charge on any atom is -0.481 e. The number of hydrogen-bond acceptors (Lipinski definition) is 5. The van der Waals surface area contributed by atoms with Crippen LogP contribution in [0.5, 0.6) is 0 Å². The van der Waals surface area contributed by atoms with Gasteiger partial charge in [0.2, 0.25) is 0 Å². The van der Waals surface area contributed by atoms with E-state index >= 15 is 0 Å². The number of hydrogen-bond donors (Lipinski definition) is 4. The van der Waals surface area contributed by atoms with E-state index in [4.69, 9.17) is 20.6 Å². The van der Waals surface area contributed by atoms with Gasteiger partial charge in [0, 0.05) is 0 Å². The fourth-order valence-corrected chi connectivity index (χ4v) is 0.826. The molecule has 5 N–H and O–H groups in total. The maximum Gasteiger partial charge on any atom is 0.527 e. The Bertz CT molecular complexity index is 257. The largest absolute Gasteiger partial charge is 0.527 e. The first-order valence-electron chi connectivity index (χ1n) is 2.98. The number of carbonyl (C=O) groups excluding carboxylic acids is 1. The highest BCUT2D eigenvalue weighted by Crippen LogP contribution is 2.36. The average molecular weight is 213 g/mol. The summed E-state index contributed by atoms with van der Waals surface area (Å²) in [5, 5.41) is 8.15. The van der Waals surface area contributed by atoms with Gasteiger partial charge in [0.05, 0.1) is 6.42 Å². The first-order chi connectivity index (χ1) is 5.72. The molecule has 0 heterocycles. The van der Waals surface area contributed by atoms with Crippen molar-refractivity contribution in [2.75, 3.05) is 0 Å². The Morgan fingerprint density at radius 2 is 1.92 bits per heavy atom. The molecule has 0 spiro atoms. The van der Waals surface area contributed by atoms with Gasteiger partial charge in [-0.1, -0.05) is 0 Å². The van der Waals surface area contributed by atoms with Crippen molar-refractivity contribution in [2.45, 2.75) is 12.5 Å². The predicted octanol–water partition coefficient (Wildman–Crippen LogP) is -1.58. The van der Waals surface area contributed by atoms with Gasteiger partial charge < -0.3 is 15.4 Å². The zero-order chi connectivity index (χ0) is 10.6. The molecule has 0 amide bonds. The van der Waals surface area contributed by atoms with Gasteiger partial charge in [-0.05, 0) is 0 Å². The topological polar surface area (TPSA) is 147 Å². The maximum absolute atomic E-state index is 10.6. The van der Waals surface area contributed by atoms with E-state index < -0.39 is 32.2 Å². The van der Waals surface area contributed by atoms with E-state index in [0.29, 0.717) is 0 Å². The lowest BCUT2D eigenvalue weighted by atomic mass is 10.2. The zero-order valence-electron chi connectivity index (χ0n) is 6.28. The van der Waals surface area contributed by atoms with Gasteiger partial charge in [-0.15, -0.1) is 0 Å². The Morgan fingerprint density at radius 3 is 2.23 bits per heavy atom. The Kier molecular flexibility index (Phi) is 4.02. The number of carboxylic acids is 1. The van der Waals surface area contributed by atoms with Crippen LogP contribution in [0.25, 0.3) is 0 Å². The van der Waals surface area contributed by atoms with Gasteiger partial charge in [-0.3, -0.25) is 14.6 Å². The van der Waals surface area contributed by atoms with Gasteiger partial charge in [0.25, 0.3) is 0 Å². The van der Waals surface area contributed by atoms with Crippen LogP contribution in [0.2, 0.25) is 0 Å². The molecule has 0 radical (unpaired) electrons. The summed E-state index contributed by atoms with van der Waals surface area (Å²) >= 11 is 0. The summed E-state index contributed by atoms with van der Waals surface area (Å²) in [6, 6.07) is -1.58. The summed E-state index contributed by atoms with van der Waals surface area (Å²) in [5.41, 5.74) is 4.93. The van der Waals surface area contributed by atoms with Crippen LogP contribution in [0, 0.1) is 0 Å². The number of rotatable bonds is 4. The van der Waals surface area contributed by atoms with Crippen molar-refractivity contribution in [3.63, 3.8) is 0 Å². The van der Waals surface area contributed by atoms with Crippen molar-refractivity contribution in [1.82, 2.24) is 0 Å². The van der Waals surface area contributed by atoms with Gasteiger partial charge >= 0.3 is 19.8 Å². The second kappa shape index (κ2) is 4.33. The van der Waals surface area contributed by atoms with E-state index in [-0.39, 0.29) is 0 Å². The third-order valence-electron chi connectivity index (χ3n) is 0.906. The van der Waals surface area contributed by atoms with Crippen molar-refractivity contribution in [1.29, 1.82) is 0 Å². The lowest BCUT2D eigenvalue weighted by molar-refractivity contribution is -0.144. The standard InChI is InChI=1S/C4H8NO7P/c5-2(1-3(6)7)4(8)12-13(9,10)11/h2H,1,5H2,(H,6,7)(H2,9,10,11)/t2-/m0/s1. The lowest BCUT2D eigenvalue weighted by Crippen LogP contribution is -2.33. The molecule has 0 aromatic heterocycles. The molecule has 76 valence electrons. The molecule has 0 aliphatic carbocycles. The molecular weight excluding hydrogens is 205 g/mol. The molecule has 13 heavy (non-hydrogen) atoms. The van der Waals surface area contributed by atoms with E-state index in [1.165, 1.54) is 0 Å². The summed E-state index contributed by atoms with van der Waals surface area (Å²) in [5.74, 6) is -2.81. The van der Waals surface area contributed by atoms with E-state index in [9.17, 15) is 14.2 Å². The van der Waals surface area contributed by atoms with Crippen LogP contribution in [-0.2, 0) is 18.7 Å². The van der Waals surface area contributed by atoms with Crippen molar-refractivity contribution in [3.8, 4) is 0 Å². The van der Waals surface area contributed by atoms with Crippen LogP contribution < -0.4 is 5.73 Å². The van der Waals surface area contributed by atoms with Gasteiger partial charge in [0.1, 0.15) is 6.04 Å². The fourth-order valence-electron chi connectivity index (χ4n) is 0.456. The number of aliphatic carboxylic acids is 1. The van der Waals surface area contributed by atoms with E-state index in [1.807, 2.05) is 0 Å². The average Bonchev–Trinajstić information content (AvgIpc) is 1.81. The SMILES string of the molecule is N[C@@H](CC(=O)O)C(=O)OP(=O)(O)O. The second-order valence-electron chi connectivity index (χ2n) is 2.11. The highest BCUT2D eigenvalue weighted by atomic mass is 31.2. The third kappa shape index (κ3) is 6.23. The Balaban J connectivity index is 4.12. The van der Waals surface area contributed by atoms with Gasteiger partial charge in [0.15, 0.2) is 0 Å². The number of carboxylic acid groups (broad SMARTS) is 1. The van der Waals surface area contributed by atoms with E-state index in [1.54, 1.807) is 0 Å². The van der Waals surface area contributed by atoms with Gasteiger partial charge in [-0.25, -0.2) is 9.36 Å². The molecule has 8 nitrogen and oxygen atoms in total. The van der Waals surface area contributed by atoms with Gasteiger partial charge in [-0.2, -0.15) is 0 Å². The normalized spacial score (nSPS) is 13.5. The first kappa shape index (κ1) is 12.0. The van der Waals surface area contributed by atoms with Crippen LogP contribution >= 0.6 is 7.82 Å². The molecule has 0 bridgehead atoms. The minimum absolute atomic E-state index is 0.751. The fraction of sp³-hybridized carbons (Fsp3) is 0.500. The molecule has 0 saturated heterocycles. The molecule has 9 heteroatoms. The monoisotopic (exact) mass is 213 g/mol. The Labute approximate surface area is 72.5 Å². The van der Waals surface area contributed by atoms with Crippen LogP contribution in [0.4, 0.5) is 0 Å². The highest BCUT2D eigenvalue weighted by molar-refractivity contribution is 7.46. The van der Waals surface area contributed by atoms with Crippen molar-refractivity contribution < 1.29 is 33.6 Å². The quantitative estimate of drug-likeness (QED) is 0.409. The summed E-state index contributed by atoms with van der Waals surface area (Å²) in [6.07, 6.45) is -0.751. The zero-order valence-corrected chi connectivity index (χ0v) is 7.18. The molecule has 0 rings (SSSR count). The highest BCUT2D eigenvalue weighted by Gasteiger charge is 2.26. The van der Waals surface area contributed by atoms with E-state index in [2.05, 4.69) is 4.52 Å². The van der Waals surface area contributed by atoms with Crippen molar-refractivity contribution in [2.24, 2.45) is 5.73 Å². The van der Waals surface area contributed by atoms with Crippen LogP contribution in [0.1, 0.15) is 6.42 Å². The molecule has 0 saturated carbocycles. The number of carbonyl (C=O) groups is 2. The summed E-state index contributed by atoms with van der Waals surface area (Å²) < 4.78 is 13.6. The van der Waals surface area contributed by atoms with Crippen molar-refractivity contribution >= 4 is 19.8 Å². The molecular formula is C4H8NO7P. The molecule has 0 aliphatic heterocycles. The molecule has 0 unspecified atom stereocenters. The van der Waals surface area contributed by atoms with Crippen LogP contribution in [-0.4, -0.2) is 32.9 Å². The molecule has 0 fully saturated rings. The van der Waals surface area contributed by atoms with Crippen LogP contribution in [0.15, 0.2) is 0 Å². The number of phosphoric acid groups is 1.